The minimum atomic E-state index is -0.578. The van der Waals surface area contributed by atoms with Crippen LogP contribution in [-0.2, 0) is 9.53 Å². The average molecular weight is 399 g/mol. The van der Waals surface area contributed by atoms with Crippen molar-refractivity contribution >= 4 is 12.0 Å². The van der Waals surface area contributed by atoms with Gasteiger partial charge in [-0.15, -0.1) is 0 Å². The van der Waals surface area contributed by atoms with E-state index in [-0.39, 0.29) is 25.0 Å². The van der Waals surface area contributed by atoms with Gasteiger partial charge < -0.3 is 15.0 Å². The van der Waals surface area contributed by atoms with Crippen LogP contribution >= 0.6 is 0 Å². The first-order valence-corrected chi connectivity index (χ1v) is 10.2. The van der Waals surface area contributed by atoms with Crippen LogP contribution in [0.4, 0.5) is 4.79 Å². The first-order valence-electron chi connectivity index (χ1n) is 10.2. The van der Waals surface area contributed by atoms with Crippen LogP contribution in [0.25, 0.3) is 0 Å². The second-order valence-electron chi connectivity index (χ2n) is 8.84. The summed E-state index contributed by atoms with van der Waals surface area (Å²) >= 11 is 0. The zero-order valence-corrected chi connectivity index (χ0v) is 17.4. The minimum absolute atomic E-state index is 0.0206. The maximum atomic E-state index is 12.7. The quantitative estimate of drug-likeness (QED) is 0.824. The predicted molar refractivity (Wildman–Crippen MR) is 109 cm³/mol. The summed E-state index contributed by atoms with van der Waals surface area (Å²) in [5.74, 6) is 0.397. The normalized spacial score (nSPS) is 21.2. The van der Waals surface area contributed by atoms with Crippen LogP contribution in [0.3, 0.4) is 0 Å². The number of nitriles is 1. The molecule has 1 aliphatic heterocycles. The van der Waals surface area contributed by atoms with Gasteiger partial charge in [0.25, 0.3) is 0 Å². The number of nitrogens with one attached hydrogen (secondary N) is 1. The van der Waals surface area contributed by atoms with Crippen LogP contribution in [0, 0.1) is 17.2 Å². The van der Waals surface area contributed by atoms with Gasteiger partial charge in [-0.25, -0.2) is 4.79 Å². The molecule has 2 aliphatic rings. The molecule has 0 aromatic heterocycles. The molecule has 156 valence electrons. The third kappa shape index (κ3) is 5.94. The Balaban J connectivity index is 1.56. The number of rotatable bonds is 5. The Hall–Kier alpha value is -2.59. The van der Waals surface area contributed by atoms with Crippen LogP contribution < -0.4 is 5.32 Å². The fraction of sp³-hybridized carbons (Fsp3) is 0.591. The molecule has 0 bridgehead atoms. The highest BCUT2D eigenvalue weighted by molar-refractivity contribution is 5.79. The summed E-state index contributed by atoms with van der Waals surface area (Å²) in [5, 5.41) is 12.7. The summed E-state index contributed by atoms with van der Waals surface area (Å²) in [7, 11) is 0. The molecule has 1 heterocycles. The molecule has 7 nitrogen and oxygen atoms in total. The smallest absolute Gasteiger partial charge is 0.410 e. The lowest BCUT2D eigenvalue weighted by Crippen LogP contribution is -2.57. The molecule has 1 saturated heterocycles. The van der Waals surface area contributed by atoms with Crippen molar-refractivity contribution in [3.63, 3.8) is 0 Å². The zero-order chi connectivity index (χ0) is 21.0. The number of benzene rings is 1. The van der Waals surface area contributed by atoms with Crippen LogP contribution in [0.2, 0.25) is 0 Å². The minimum Gasteiger partial charge on any atom is -0.444 e. The largest absolute Gasteiger partial charge is 0.444 e. The number of hydrogen-bond donors (Lipinski definition) is 1. The monoisotopic (exact) mass is 398 g/mol. The molecular weight excluding hydrogens is 368 g/mol. The van der Waals surface area contributed by atoms with Crippen molar-refractivity contribution < 1.29 is 14.3 Å². The maximum Gasteiger partial charge on any atom is 0.410 e. The molecule has 1 saturated carbocycles. The summed E-state index contributed by atoms with van der Waals surface area (Å²) in [6, 6.07) is 11.7. The lowest BCUT2D eigenvalue weighted by atomic mass is 10.0. The number of ether oxygens (including phenoxy) is 1. The van der Waals surface area contributed by atoms with E-state index in [9.17, 15) is 14.9 Å². The molecular formula is C22H30N4O3. The average Bonchev–Trinajstić information content (AvgIpc) is 3.51. The fourth-order valence-corrected chi connectivity index (χ4v) is 3.59. The van der Waals surface area contributed by atoms with E-state index in [2.05, 4.69) is 11.4 Å². The number of nitrogens with zero attached hydrogens (tertiary/aromatic N) is 3. The Morgan fingerprint density at radius 3 is 2.52 bits per heavy atom. The first kappa shape index (κ1) is 21.1. The standard InChI is InChI=1S/C22H30N4O3/c1-22(2,3)29-21(28)26-12-11-25(18(13-23)14-26)15-19(27)24-20(17-9-10-17)16-7-5-4-6-8-16/h4-8,17-18,20H,9-12,14-15H2,1-3H3,(H,24,27)/t18-,20-/m1/s1. The Morgan fingerprint density at radius 1 is 1.24 bits per heavy atom. The highest BCUT2D eigenvalue weighted by Gasteiger charge is 2.36. The Labute approximate surface area is 172 Å². The molecule has 2 fully saturated rings. The van der Waals surface area contributed by atoms with Crippen molar-refractivity contribution in [2.24, 2.45) is 5.92 Å². The summed E-state index contributed by atoms with van der Waals surface area (Å²) in [6.45, 7) is 6.73. The highest BCUT2D eigenvalue weighted by Crippen LogP contribution is 2.40. The number of carbonyl (C=O) groups is 2. The van der Waals surface area contributed by atoms with E-state index in [0.717, 1.165) is 18.4 Å². The van der Waals surface area contributed by atoms with Crippen molar-refractivity contribution in [2.75, 3.05) is 26.2 Å². The summed E-state index contributed by atoms with van der Waals surface area (Å²) in [4.78, 5) is 28.4. The lowest BCUT2D eigenvalue weighted by Gasteiger charge is -2.38. The van der Waals surface area contributed by atoms with Gasteiger partial charge in [0, 0.05) is 13.1 Å². The van der Waals surface area contributed by atoms with Gasteiger partial charge in [-0.05, 0) is 45.1 Å². The van der Waals surface area contributed by atoms with Crippen molar-refractivity contribution in [2.45, 2.75) is 51.3 Å². The number of hydrogen-bond acceptors (Lipinski definition) is 5. The van der Waals surface area contributed by atoms with Crippen LogP contribution in [0.5, 0.6) is 0 Å². The molecule has 1 aromatic rings. The van der Waals surface area contributed by atoms with E-state index in [4.69, 9.17) is 4.74 Å². The van der Waals surface area contributed by atoms with Gasteiger partial charge in [0.05, 0.1) is 25.2 Å². The second-order valence-corrected chi connectivity index (χ2v) is 8.84. The lowest BCUT2D eigenvalue weighted by molar-refractivity contribution is -0.124. The Kier molecular flexibility index (Phi) is 6.43. The van der Waals surface area contributed by atoms with Crippen molar-refractivity contribution in [1.82, 2.24) is 15.1 Å². The molecule has 2 amide bonds. The summed E-state index contributed by atoms with van der Waals surface area (Å²) in [5.41, 5.74) is 0.542. The maximum absolute atomic E-state index is 12.7. The highest BCUT2D eigenvalue weighted by atomic mass is 16.6. The Bertz CT molecular complexity index is 765. The van der Waals surface area contributed by atoms with Crippen molar-refractivity contribution in [3.8, 4) is 6.07 Å². The first-order chi connectivity index (χ1) is 13.8. The Morgan fingerprint density at radius 2 is 1.93 bits per heavy atom. The van der Waals surface area contributed by atoms with Gasteiger partial charge >= 0.3 is 6.09 Å². The van der Waals surface area contributed by atoms with Gasteiger partial charge in [0.15, 0.2) is 0 Å². The van der Waals surface area contributed by atoms with Gasteiger partial charge in [-0.3, -0.25) is 9.69 Å². The van der Waals surface area contributed by atoms with Gasteiger partial charge in [0.1, 0.15) is 11.6 Å². The number of carbonyl (C=O) groups excluding carboxylic acids is 2. The van der Waals surface area contributed by atoms with Crippen LogP contribution in [0.15, 0.2) is 30.3 Å². The van der Waals surface area contributed by atoms with E-state index >= 15 is 0 Å². The zero-order valence-electron chi connectivity index (χ0n) is 17.4. The molecule has 0 spiro atoms. The van der Waals surface area contributed by atoms with E-state index in [1.54, 1.807) is 4.90 Å². The van der Waals surface area contributed by atoms with E-state index in [1.165, 1.54) is 0 Å². The van der Waals surface area contributed by atoms with Crippen molar-refractivity contribution in [3.05, 3.63) is 35.9 Å². The van der Waals surface area contributed by atoms with Crippen molar-refractivity contribution in [1.29, 1.82) is 5.26 Å². The van der Waals surface area contributed by atoms with E-state index < -0.39 is 17.7 Å². The molecule has 1 aromatic carbocycles. The van der Waals surface area contributed by atoms with Gasteiger partial charge in [0.2, 0.25) is 5.91 Å². The summed E-state index contributed by atoms with van der Waals surface area (Å²) < 4.78 is 5.40. The topological polar surface area (TPSA) is 85.7 Å². The molecule has 0 unspecified atom stereocenters. The molecule has 7 heteroatoms. The molecule has 1 aliphatic carbocycles. The molecule has 2 atom stereocenters. The third-order valence-corrected chi connectivity index (χ3v) is 5.21. The number of amides is 2. The molecule has 3 rings (SSSR count). The van der Waals surface area contributed by atoms with Crippen LogP contribution in [0.1, 0.15) is 45.2 Å². The van der Waals surface area contributed by atoms with E-state index in [0.29, 0.717) is 19.0 Å². The predicted octanol–water partition coefficient (Wildman–Crippen LogP) is 2.70. The van der Waals surface area contributed by atoms with Gasteiger partial charge in [-0.1, -0.05) is 30.3 Å². The molecule has 29 heavy (non-hydrogen) atoms. The third-order valence-electron chi connectivity index (χ3n) is 5.21. The van der Waals surface area contributed by atoms with Gasteiger partial charge in [-0.2, -0.15) is 5.26 Å². The molecule has 1 N–H and O–H groups in total. The fourth-order valence-electron chi connectivity index (χ4n) is 3.59. The van der Waals surface area contributed by atoms with Crippen LogP contribution in [-0.4, -0.2) is 59.6 Å². The summed E-state index contributed by atoms with van der Waals surface area (Å²) in [6.07, 6.45) is 1.82. The second kappa shape index (κ2) is 8.83. The molecule has 0 radical (unpaired) electrons. The van der Waals surface area contributed by atoms with E-state index in [1.807, 2.05) is 56.0 Å². The SMILES string of the molecule is CC(C)(C)OC(=O)N1CCN(CC(=O)N[C@H](c2ccccc2)C2CC2)[C@H](C#N)C1. The number of piperazine rings is 1.